The Morgan fingerprint density at radius 1 is 1.25 bits per heavy atom. The Bertz CT molecular complexity index is 902. The molecule has 0 radical (unpaired) electrons. The van der Waals surface area contributed by atoms with Crippen LogP contribution in [0.15, 0.2) is 11.1 Å². The molecular weight excluding hydrogens is 404 g/mol. The number of aliphatic hydroxyl groups is 1. The maximum absolute atomic E-state index is 11.9. The quantitative estimate of drug-likeness (QED) is 0.536. The molecule has 5 rings (SSSR count). The van der Waals surface area contributed by atoms with Gasteiger partial charge in [0.1, 0.15) is 11.7 Å². The monoisotopic (exact) mass is 440 g/mol. The van der Waals surface area contributed by atoms with Crippen molar-refractivity contribution in [2.75, 3.05) is 24.7 Å². The number of pyridine rings is 1. The van der Waals surface area contributed by atoms with E-state index in [2.05, 4.69) is 29.6 Å². The van der Waals surface area contributed by atoms with Crippen LogP contribution in [0.25, 0.3) is 0 Å². The first-order valence-corrected chi connectivity index (χ1v) is 12.1. The Kier molecular flexibility index (Phi) is 5.72. The lowest BCUT2D eigenvalue weighted by Crippen LogP contribution is -2.45. The fourth-order valence-corrected chi connectivity index (χ4v) is 5.80. The zero-order valence-electron chi connectivity index (χ0n) is 19.3. The molecule has 2 aliphatic heterocycles. The SMILES string of the molecule is CC1C/C(=N/c2nc(N3CCOC[C@H]3C)cc(C3(O)CCC4(CCC4)CC3)c2C=N)NN1. The van der Waals surface area contributed by atoms with Gasteiger partial charge < -0.3 is 25.6 Å². The van der Waals surface area contributed by atoms with Gasteiger partial charge in [0.25, 0.3) is 0 Å². The highest BCUT2D eigenvalue weighted by atomic mass is 16.5. The van der Waals surface area contributed by atoms with E-state index in [0.29, 0.717) is 36.1 Å². The van der Waals surface area contributed by atoms with Gasteiger partial charge in [0.05, 0.1) is 24.9 Å². The van der Waals surface area contributed by atoms with Crippen LogP contribution in [0.3, 0.4) is 0 Å². The molecule has 0 amide bonds. The molecule has 4 N–H and O–H groups in total. The number of hydrogen-bond acceptors (Lipinski definition) is 7. The van der Waals surface area contributed by atoms with E-state index in [1.165, 1.54) is 25.5 Å². The zero-order chi connectivity index (χ0) is 22.3. The van der Waals surface area contributed by atoms with E-state index in [1.54, 1.807) is 0 Å². The van der Waals surface area contributed by atoms with Crippen molar-refractivity contribution in [3.8, 4) is 0 Å². The molecule has 1 unspecified atom stereocenters. The molecule has 32 heavy (non-hydrogen) atoms. The highest BCUT2D eigenvalue weighted by Crippen LogP contribution is 2.56. The topological polar surface area (TPSA) is 106 Å². The van der Waals surface area contributed by atoms with Crippen molar-refractivity contribution in [3.05, 3.63) is 17.2 Å². The van der Waals surface area contributed by atoms with Crippen LogP contribution in [0.2, 0.25) is 0 Å². The summed E-state index contributed by atoms with van der Waals surface area (Å²) < 4.78 is 5.64. The summed E-state index contributed by atoms with van der Waals surface area (Å²) in [6, 6.07) is 2.51. The summed E-state index contributed by atoms with van der Waals surface area (Å²) in [6.07, 6.45) is 9.60. The highest BCUT2D eigenvalue weighted by molar-refractivity contribution is 5.92. The van der Waals surface area contributed by atoms with Gasteiger partial charge in [-0.2, -0.15) is 0 Å². The molecule has 3 heterocycles. The molecule has 1 spiro atoms. The van der Waals surface area contributed by atoms with Crippen molar-refractivity contribution >= 4 is 23.7 Å². The van der Waals surface area contributed by atoms with Crippen molar-refractivity contribution in [2.24, 2.45) is 10.4 Å². The Labute approximate surface area is 190 Å². The Balaban J connectivity index is 1.57. The minimum atomic E-state index is -0.940. The first kappa shape index (κ1) is 21.8. The number of rotatable bonds is 4. The van der Waals surface area contributed by atoms with E-state index in [1.807, 2.05) is 6.07 Å². The maximum Gasteiger partial charge on any atom is 0.165 e. The first-order chi connectivity index (χ1) is 15.4. The van der Waals surface area contributed by atoms with E-state index in [-0.39, 0.29) is 6.04 Å². The molecule has 4 aliphatic rings. The van der Waals surface area contributed by atoms with Crippen LogP contribution in [-0.2, 0) is 10.3 Å². The lowest BCUT2D eigenvalue weighted by atomic mass is 9.57. The number of amidine groups is 1. The third-order valence-electron chi connectivity index (χ3n) is 8.09. The average Bonchev–Trinajstić information content (AvgIpc) is 3.17. The van der Waals surface area contributed by atoms with E-state index in [9.17, 15) is 5.11 Å². The zero-order valence-corrected chi connectivity index (χ0v) is 19.3. The van der Waals surface area contributed by atoms with E-state index in [0.717, 1.165) is 55.9 Å². The number of aliphatic imine (C=N–C) groups is 1. The third kappa shape index (κ3) is 3.93. The number of aromatic nitrogens is 1. The number of anilines is 1. The third-order valence-corrected chi connectivity index (χ3v) is 8.09. The summed E-state index contributed by atoms with van der Waals surface area (Å²) in [5.74, 6) is 2.15. The molecule has 2 saturated heterocycles. The van der Waals surface area contributed by atoms with Crippen molar-refractivity contribution in [3.63, 3.8) is 0 Å². The molecule has 1 aromatic heterocycles. The van der Waals surface area contributed by atoms with Crippen LogP contribution in [0, 0.1) is 10.8 Å². The molecule has 1 aromatic rings. The molecule has 8 nitrogen and oxygen atoms in total. The molecular formula is C24H36N6O2. The predicted molar refractivity (Wildman–Crippen MR) is 126 cm³/mol. The minimum absolute atomic E-state index is 0.195. The molecule has 0 aromatic carbocycles. The number of hydrogen-bond donors (Lipinski definition) is 4. The van der Waals surface area contributed by atoms with E-state index in [4.69, 9.17) is 20.1 Å². The second-order valence-corrected chi connectivity index (χ2v) is 10.3. The van der Waals surface area contributed by atoms with Crippen molar-refractivity contribution < 1.29 is 9.84 Å². The lowest BCUT2D eigenvalue weighted by Gasteiger charge is -2.50. The van der Waals surface area contributed by atoms with Gasteiger partial charge >= 0.3 is 0 Å². The molecule has 174 valence electrons. The van der Waals surface area contributed by atoms with Crippen LogP contribution < -0.4 is 15.8 Å². The van der Waals surface area contributed by atoms with E-state index >= 15 is 0 Å². The number of nitrogens with one attached hydrogen (secondary N) is 3. The summed E-state index contributed by atoms with van der Waals surface area (Å²) in [5, 5.41) is 20.1. The van der Waals surface area contributed by atoms with Crippen LogP contribution >= 0.6 is 0 Å². The fraction of sp³-hybridized carbons (Fsp3) is 0.708. The fourth-order valence-electron chi connectivity index (χ4n) is 5.80. The van der Waals surface area contributed by atoms with Gasteiger partial charge in [-0.1, -0.05) is 6.42 Å². The number of ether oxygens (including phenoxy) is 1. The lowest BCUT2D eigenvalue weighted by molar-refractivity contribution is -0.0629. The summed E-state index contributed by atoms with van der Waals surface area (Å²) in [7, 11) is 0. The number of hydrazine groups is 1. The molecule has 2 atom stereocenters. The van der Waals surface area contributed by atoms with Gasteiger partial charge in [-0.3, -0.25) is 0 Å². The summed E-state index contributed by atoms with van der Waals surface area (Å²) in [6.45, 7) is 6.30. The molecule has 4 fully saturated rings. The van der Waals surface area contributed by atoms with Gasteiger partial charge in [0, 0.05) is 30.8 Å². The second kappa shape index (κ2) is 8.39. The maximum atomic E-state index is 11.9. The average molecular weight is 441 g/mol. The van der Waals surface area contributed by atoms with Crippen LogP contribution in [0.5, 0.6) is 0 Å². The van der Waals surface area contributed by atoms with Crippen LogP contribution in [0.1, 0.15) is 76.3 Å². The molecule has 2 saturated carbocycles. The van der Waals surface area contributed by atoms with Gasteiger partial charge in [-0.05, 0) is 69.4 Å². The summed E-state index contributed by atoms with van der Waals surface area (Å²) >= 11 is 0. The Morgan fingerprint density at radius 2 is 2.03 bits per heavy atom. The smallest absolute Gasteiger partial charge is 0.165 e. The summed E-state index contributed by atoms with van der Waals surface area (Å²) in [5.41, 5.74) is 7.27. The largest absolute Gasteiger partial charge is 0.385 e. The normalized spacial score (nSPS) is 30.2. The second-order valence-electron chi connectivity index (χ2n) is 10.3. The first-order valence-electron chi connectivity index (χ1n) is 12.1. The van der Waals surface area contributed by atoms with Crippen molar-refractivity contribution in [1.29, 1.82) is 5.41 Å². The number of nitrogens with zero attached hydrogens (tertiary/aromatic N) is 3. The van der Waals surface area contributed by atoms with Gasteiger partial charge in [0.15, 0.2) is 5.82 Å². The standard InChI is InChI=1S/C24H36N6O2/c1-16-12-20(29-28-16)26-22-18(14-25)19(13-21(27-22)30-10-11-32-15-17(30)2)24(31)8-6-23(7-9-24)4-3-5-23/h13-14,16-17,25,28,31H,3-12,15H2,1-2H3,(H,26,27,29)/t16?,17-/m1/s1. The minimum Gasteiger partial charge on any atom is -0.385 e. The summed E-state index contributed by atoms with van der Waals surface area (Å²) in [4.78, 5) is 12.0. The van der Waals surface area contributed by atoms with Crippen LogP contribution in [-0.4, -0.2) is 54.0 Å². The van der Waals surface area contributed by atoms with Crippen molar-refractivity contribution in [1.82, 2.24) is 15.8 Å². The van der Waals surface area contributed by atoms with Gasteiger partial charge in [-0.15, -0.1) is 0 Å². The Morgan fingerprint density at radius 3 is 2.62 bits per heavy atom. The van der Waals surface area contributed by atoms with E-state index < -0.39 is 5.60 Å². The predicted octanol–water partition coefficient (Wildman–Crippen LogP) is 3.15. The highest BCUT2D eigenvalue weighted by Gasteiger charge is 2.46. The number of morpholine rings is 1. The molecule has 8 heteroatoms. The van der Waals surface area contributed by atoms with Crippen molar-refractivity contribution in [2.45, 2.75) is 82.9 Å². The Hall–Kier alpha value is -2.03. The molecule has 2 aliphatic carbocycles. The van der Waals surface area contributed by atoms with Gasteiger partial charge in [0.2, 0.25) is 0 Å². The van der Waals surface area contributed by atoms with Crippen LogP contribution in [0.4, 0.5) is 11.6 Å². The molecule has 0 bridgehead atoms. The van der Waals surface area contributed by atoms with Gasteiger partial charge in [-0.25, -0.2) is 15.4 Å².